The summed E-state index contributed by atoms with van der Waals surface area (Å²) in [5.74, 6) is 0.577. The molecule has 0 spiro atoms. The van der Waals surface area contributed by atoms with E-state index in [9.17, 15) is 9.18 Å². The lowest BCUT2D eigenvalue weighted by atomic mass is 9.96. The van der Waals surface area contributed by atoms with Gasteiger partial charge in [-0.15, -0.1) is 0 Å². The Kier molecular flexibility index (Phi) is 6.20. The molecule has 5 rings (SSSR count). The molecular formula is C25H28FN5O2. The van der Waals surface area contributed by atoms with Crippen LogP contribution in [0.1, 0.15) is 25.0 Å². The predicted octanol–water partition coefficient (Wildman–Crippen LogP) is 3.95. The number of benzene rings is 1. The van der Waals surface area contributed by atoms with Crippen LogP contribution in [-0.4, -0.2) is 52.4 Å². The van der Waals surface area contributed by atoms with Crippen LogP contribution in [0.15, 0.2) is 42.6 Å². The Balaban J connectivity index is 1.46. The minimum atomic E-state index is -0.276. The van der Waals surface area contributed by atoms with Crippen LogP contribution < -0.4 is 5.32 Å². The smallest absolute Gasteiger partial charge is 0.225 e. The Morgan fingerprint density at radius 1 is 1.15 bits per heavy atom. The molecule has 7 nitrogen and oxygen atoms in total. The molecule has 172 valence electrons. The van der Waals surface area contributed by atoms with Crippen LogP contribution >= 0.6 is 0 Å². The van der Waals surface area contributed by atoms with Crippen molar-refractivity contribution in [1.82, 2.24) is 19.7 Å². The molecule has 2 aliphatic heterocycles. The maximum absolute atomic E-state index is 13.6. The Labute approximate surface area is 192 Å². The second-order valence-electron chi connectivity index (χ2n) is 8.88. The molecule has 8 heteroatoms. The summed E-state index contributed by atoms with van der Waals surface area (Å²) >= 11 is 0. The number of likely N-dealkylation sites (N-methyl/N-ethyl adjacent to an activating group) is 1. The van der Waals surface area contributed by atoms with E-state index in [1.54, 1.807) is 18.3 Å². The monoisotopic (exact) mass is 449 g/mol. The molecule has 1 saturated heterocycles. The van der Waals surface area contributed by atoms with Gasteiger partial charge in [-0.25, -0.2) is 9.37 Å². The number of pyridine rings is 1. The number of amides is 1. The largest absolute Gasteiger partial charge is 0.381 e. The number of nitrogens with one attached hydrogen (secondary N) is 1. The van der Waals surface area contributed by atoms with Crippen molar-refractivity contribution >= 4 is 11.7 Å². The number of halogens is 1. The SMILES string of the molecule is CN1CCn2nc(-c3ccc(F)cc3)c(-c3ccnc(NC(=O)CC4CCOCC4)c3)c2C1. The Bertz CT molecular complexity index is 1140. The average molecular weight is 450 g/mol. The van der Waals surface area contributed by atoms with E-state index in [0.29, 0.717) is 18.2 Å². The van der Waals surface area contributed by atoms with Crippen LogP contribution in [0.3, 0.4) is 0 Å². The number of carbonyl (C=O) groups is 1. The van der Waals surface area contributed by atoms with Gasteiger partial charge in [0.05, 0.1) is 12.2 Å². The van der Waals surface area contributed by atoms with E-state index in [0.717, 1.165) is 73.8 Å². The van der Waals surface area contributed by atoms with Gasteiger partial charge in [0.1, 0.15) is 17.3 Å². The van der Waals surface area contributed by atoms with Gasteiger partial charge >= 0.3 is 0 Å². The summed E-state index contributed by atoms with van der Waals surface area (Å²) in [5.41, 5.74) is 4.70. The summed E-state index contributed by atoms with van der Waals surface area (Å²) < 4.78 is 21.0. The Morgan fingerprint density at radius 3 is 2.73 bits per heavy atom. The van der Waals surface area contributed by atoms with Gasteiger partial charge in [0.25, 0.3) is 0 Å². The molecule has 2 aliphatic rings. The molecule has 3 aromatic rings. The lowest BCUT2D eigenvalue weighted by Gasteiger charge is -2.24. The zero-order valence-corrected chi connectivity index (χ0v) is 18.8. The number of hydrogen-bond donors (Lipinski definition) is 1. The number of fused-ring (bicyclic) bond motifs is 1. The third-order valence-corrected chi connectivity index (χ3v) is 6.42. The van der Waals surface area contributed by atoms with Gasteiger partial charge in [0.15, 0.2) is 0 Å². The molecule has 1 N–H and O–H groups in total. The van der Waals surface area contributed by atoms with Crippen LogP contribution in [0.2, 0.25) is 0 Å². The lowest BCUT2D eigenvalue weighted by molar-refractivity contribution is -0.117. The van der Waals surface area contributed by atoms with Crippen molar-refractivity contribution in [2.45, 2.75) is 32.4 Å². The van der Waals surface area contributed by atoms with E-state index < -0.39 is 0 Å². The average Bonchev–Trinajstić information content (AvgIpc) is 3.19. The summed E-state index contributed by atoms with van der Waals surface area (Å²) in [7, 11) is 2.09. The van der Waals surface area contributed by atoms with Gasteiger partial charge < -0.3 is 10.1 Å². The first kappa shape index (κ1) is 21.7. The molecule has 4 heterocycles. The number of hydrogen-bond acceptors (Lipinski definition) is 5. The Hall–Kier alpha value is -3.10. The van der Waals surface area contributed by atoms with E-state index in [-0.39, 0.29) is 11.7 Å². The number of aromatic nitrogens is 3. The minimum absolute atomic E-state index is 0.0259. The number of anilines is 1. The maximum atomic E-state index is 13.6. The van der Waals surface area contributed by atoms with Gasteiger partial charge in [0, 0.05) is 50.0 Å². The van der Waals surface area contributed by atoms with Gasteiger partial charge in [0.2, 0.25) is 5.91 Å². The molecule has 0 unspecified atom stereocenters. The first-order valence-electron chi connectivity index (χ1n) is 11.4. The van der Waals surface area contributed by atoms with E-state index >= 15 is 0 Å². The summed E-state index contributed by atoms with van der Waals surface area (Å²) in [6, 6.07) is 10.3. The molecule has 1 fully saturated rings. The number of rotatable bonds is 5. The number of ether oxygens (including phenoxy) is 1. The normalized spacial score (nSPS) is 17.0. The van der Waals surface area contributed by atoms with Crippen molar-refractivity contribution in [3.8, 4) is 22.4 Å². The van der Waals surface area contributed by atoms with Gasteiger partial charge in [-0.3, -0.25) is 14.4 Å². The fourth-order valence-electron chi connectivity index (χ4n) is 4.62. The van der Waals surface area contributed by atoms with Crippen LogP contribution in [0.4, 0.5) is 10.2 Å². The van der Waals surface area contributed by atoms with Crippen LogP contribution in [0.25, 0.3) is 22.4 Å². The third kappa shape index (κ3) is 4.82. The zero-order chi connectivity index (χ0) is 22.8. The molecule has 0 aliphatic carbocycles. The Morgan fingerprint density at radius 2 is 1.94 bits per heavy atom. The molecule has 0 atom stereocenters. The zero-order valence-electron chi connectivity index (χ0n) is 18.8. The highest BCUT2D eigenvalue weighted by Crippen LogP contribution is 2.37. The highest BCUT2D eigenvalue weighted by atomic mass is 19.1. The maximum Gasteiger partial charge on any atom is 0.225 e. The minimum Gasteiger partial charge on any atom is -0.381 e. The van der Waals surface area contributed by atoms with E-state index in [1.807, 2.05) is 16.8 Å². The quantitative estimate of drug-likeness (QED) is 0.639. The molecular weight excluding hydrogens is 421 g/mol. The van der Waals surface area contributed by atoms with Crippen molar-refractivity contribution in [3.05, 3.63) is 54.1 Å². The fraction of sp³-hybridized carbons (Fsp3) is 0.400. The molecule has 1 aromatic carbocycles. The van der Waals surface area contributed by atoms with Gasteiger partial charge in [-0.2, -0.15) is 5.10 Å². The van der Waals surface area contributed by atoms with Gasteiger partial charge in [-0.1, -0.05) is 0 Å². The van der Waals surface area contributed by atoms with Crippen molar-refractivity contribution in [2.24, 2.45) is 5.92 Å². The molecule has 0 radical (unpaired) electrons. The molecule has 0 saturated carbocycles. The fourth-order valence-corrected chi connectivity index (χ4v) is 4.62. The predicted molar refractivity (Wildman–Crippen MR) is 124 cm³/mol. The lowest BCUT2D eigenvalue weighted by Crippen LogP contribution is -2.30. The first-order chi connectivity index (χ1) is 16.1. The van der Waals surface area contributed by atoms with E-state index in [2.05, 4.69) is 22.2 Å². The standard InChI is InChI=1S/C25H28FN5O2/c1-30-10-11-31-21(16-30)24(25(29-31)18-2-4-20(26)5-3-18)19-6-9-27-22(15-19)28-23(32)14-17-7-12-33-13-8-17/h2-6,9,15,17H,7-8,10-14,16H2,1H3,(H,27,28,32). The first-order valence-corrected chi connectivity index (χ1v) is 11.4. The van der Waals surface area contributed by atoms with Crippen LogP contribution in [0.5, 0.6) is 0 Å². The van der Waals surface area contributed by atoms with Crippen LogP contribution in [-0.2, 0) is 22.6 Å². The van der Waals surface area contributed by atoms with Crippen LogP contribution in [0, 0.1) is 11.7 Å². The highest BCUT2D eigenvalue weighted by molar-refractivity contribution is 5.91. The summed E-state index contributed by atoms with van der Waals surface area (Å²) in [6.07, 6.45) is 4.02. The summed E-state index contributed by atoms with van der Waals surface area (Å²) in [4.78, 5) is 19.3. The van der Waals surface area contributed by atoms with E-state index in [4.69, 9.17) is 9.84 Å². The van der Waals surface area contributed by atoms with E-state index in [1.165, 1.54) is 12.1 Å². The summed E-state index contributed by atoms with van der Waals surface area (Å²) in [5, 5.41) is 7.85. The van der Waals surface area contributed by atoms with Crippen molar-refractivity contribution in [3.63, 3.8) is 0 Å². The van der Waals surface area contributed by atoms with Crippen molar-refractivity contribution in [2.75, 3.05) is 32.1 Å². The molecule has 0 bridgehead atoms. The van der Waals surface area contributed by atoms with Gasteiger partial charge in [-0.05, 0) is 67.8 Å². The number of carbonyl (C=O) groups excluding carboxylic acids is 1. The molecule has 1 amide bonds. The number of nitrogens with zero attached hydrogens (tertiary/aromatic N) is 4. The topological polar surface area (TPSA) is 72.3 Å². The summed E-state index contributed by atoms with van der Waals surface area (Å²) in [6.45, 7) is 3.91. The molecule has 33 heavy (non-hydrogen) atoms. The van der Waals surface area contributed by atoms with Crippen molar-refractivity contribution in [1.29, 1.82) is 0 Å². The third-order valence-electron chi connectivity index (χ3n) is 6.42. The molecule has 2 aromatic heterocycles. The second kappa shape index (κ2) is 9.41. The van der Waals surface area contributed by atoms with Crippen molar-refractivity contribution < 1.29 is 13.9 Å². The second-order valence-corrected chi connectivity index (χ2v) is 8.88. The highest BCUT2D eigenvalue weighted by Gasteiger charge is 2.25.